The third-order valence-corrected chi connectivity index (χ3v) is 6.37. The summed E-state index contributed by atoms with van der Waals surface area (Å²) in [5.74, 6) is 0.0418. The molecule has 4 aromatic rings. The number of nitrogens with two attached hydrogens (primary N) is 2. The Balaban J connectivity index is 1.30. The molecule has 3 heterocycles. The summed E-state index contributed by atoms with van der Waals surface area (Å²) in [6.45, 7) is 0.408. The molecule has 1 fully saturated rings. The van der Waals surface area contributed by atoms with Crippen LogP contribution in [-0.4, -0.2) is 61.3 Å². The van der Waals surface area contributed by atoms with E-state index in [1.807, 2.05) is 54.6 Å². The highest BCUT2D eigenvalue weighted by atomic mass is 35.5. The molecule has 1 aliphatic heterocycles. The van der Waals surface area contributed by atoms with E-state index in [-0.39, 0.29) is 24.3 Å². The van der Waals surface area contributed by atoms with Crippen LogP contribution in [0.5, 0.6) is 0 Å². The molecule has 35 heavy (non-hydrogen) atoms. The molecular formula is C24H25ClN6O4. The fraction of sp³-hybridized carbons (Fsp3) is 0.292. The van der Waals surface area contributed by atoms with Crippen LogP contribution >= 0.6 is 11.6 Å². The average Bonchev–Trinajstić information content (AvgIpc) is 3.39. The molecule has 1 saturated heterocycles. The van der Waals surface area contributed by atoms with Gasteiger partial charge >= 0.3 is 0 Å². The third kappa shape index (κ3) is 4.66. The Morgan fingerprint density at radius 1 is 1.00 bits per heavy atom. The van der Waals surface area contributed by atoms with Gasteiger partial charge < -0.3 is 31.2 Å². The third-order valence-electron chi connectivity index (χ3n) is 6.12. The van der Waals surface area contributed by atoms with Gasteiger partial charge in [-0.25, -0.2) is 4.98 Å². The minimum Gasteiger partial charge on any atom is -0.387 e. The maximum Gasteiger partial charge on any atom is 0.224 e. The number of halogens is 1. The highest BCUT2D eigenvalue weighted by Crippen LogP contribution is 2.33. The lowest BCUT2D eigenvalue weighted by atomic mass is 9.92. The molecule has 0 radical (unpaired) electrons. The number of nitrogens with zero attached hydrogens (tertiary/aromatic N) is 4. The molecule has 5 rings (SSSR count). The van der Waals surface area contributed by atoms with Crippen molar-refractivity contribution in [1.29, 1.82) is 0 Å². The predicted octanol–water partition coefficient (Wildman–Crippen LogP) is 2.11. The van der Waals surface area contributed by atoms with Crippen molar-refractivity contribution in [2.75, 3.05) is 24.7 Å². The van der Waals surface area contributed by atoms with Crippen molar-refractivity contribution in [3.8, 4) is 0 Å². The number of aliphatic hydroxyl groups excluding tert-OH is 2. The molecule has 0 amide bonds. The summed E-state index contributed by atoms with van der Waals surface area (Å²) in [6, 6.07) is 17.6. The number of benzene rings is 2. The number of imidazole rings is 1. The van der Waals surface area contributed by atoms with Gasteiger partial charge in [-0.15, -0.1) is 0 Å². The second-order valence-electron chi connectivity index (χ2n) is 8.39. The van der Waals surface area contributed by atoms with Gasteiger partial charge in [-0.05, 0) is 23.3 Å². The summed E-state index contributed by atoms with van der Waals surface area (Å²) >= 11 is 6.06. The number of hydrogen-bond donors (Lipinski definition) is 4. The second kappa shape index (κ2) is 9.76. The lowest BCUT2D eigenvalue weighted by molar-refractivity contribution is -0.0661. The molecule has 182 valence electrons. The van der Waals surface area contributed by atoms with Crippen molar-refractivity contribution in [2.24, 2.45) is 0 Å². The van der Waals surface area contributed by atoms with Gasteiger partial charge in [-0.1, -0.05) is 54.1 Å². The Kier molecular flexibility index (Phi) is 6.54. The first-order valence-electron chi connectivity index (χ1n) is 11.1. The number of hydrogen-bond acceptors (Lipinski definition) is 9. The Hall–Kier alpha value is -3.28. The molecule has 11 heteroatoms. The summed E-state index contributed by atoms with van der Waals surface area (Å²) in [5.41, 5.74) is 14.4. The first kappa shape index (κ1) is 23.5. The number of aromatic nitrogens is 4. The van der Waals surface area contributed by atoms with Crippen LogP contribution in [0.2, 0.25) is 5.02 Å². The minimum atomic E-state index is -1.24. The van der Waals surface area contributed by atoms with Crippen LogP contribution in [0, 0.1) is 0 Å². The number of rotatable bonds is 7. The van der Waals surface area contributed by atoms with Crippen LogP contribution in [0.25, 0.3) is 11.2 Å². The first-order chi connectivity index (χ1) is 16.9. The molecule has 0 aliphatic carbocycles. The normalized spacial score (nSPS) is 23.1. The SMILES string of the molecule is Nc1nc(N)c2ncn([C@@H]3O[C@H](COCC(c4ccccc4)c4ccc(Cl)cc4)[C@@H](O)[C@H]3O)c2n1. The van der Waals surface area contributed by atoms with Crippen LogP contribution in [0.15, 0.2) is 60.9 Å². The Morgan fingerprint density at radius 2 is 1.71 bits per heavy atom. The van der Waals surface area contributed by atoms with Crippen molar-refractivity contribution in [2.45, 2.75) is 30.5 Å². The maximum absolute atomic E-state index is 10.7. The lowest BCUT2D eigenvalue weighted by Gasteiger charge is -2.21. The zero-order chi connectivity index (χ0) is 24.5. The molecule has 1 unspecified atom stereocenters. The van der Waals surface area contributed by atoms with Crippen LogP contribution in [0.1, 0.15) is 23.3 Å². The van der Waals surface area contributed by atoms with Gasteiger partial charge in [0.05, 0.1) is 19.5 Å². The lowest BCUT2D eigenvalue weighted by Crippen LogP contribution is -2.34. The summed E-state index contributed by atoms with van der Waals surface area (Å²) in [5, 5.41) is 22.0. The molecule has 2 aromatic heterocycles. The zero-order valence-corrected chi connectivity index (χ0v) is 19.4. The van der Waals surface area contributed by atoms with E-state index in [0.29, 0.717) is 22.8 Å². The van der Waals surface area contributed by atoms with Gasteiger partial charge in [-0.2, -0.15) is 9.97 Å². The van der Waals surface area contributed by atoms with Gasteiger partial charge in [0.1, 0.15) is 23.8 Å². The molecule has 0 spiro atoms. The molecule has 0 bridgehead atoms. The fourth-order valence-corrected chi connectivity index (χ4v) is 4.43. The fourth-order valence-electron chi connectivity index (χ4n) is 4.31. The van der Waals surface area contributed by atoms with E-state index in [2.05, 4.69) is 15.0 Å². The predicted molar refractivity (Wildman–Crippen MR) is 131 cm³/mol. The second-order valence-corrected chi connectivity index (χ2v) is 8.83. The Labute approximate surface area is 206 Å². The topological polar surface area (TPSA) is 155 Å². The smallest absolute Gasteiger partial charge is 0.224 e. The van der Waals surface area contributed by atoms with Crippen molar-refractivity contribution in [3.63, 3.8) is 0 Å². The van der Waals surface area contributed by atoms with Crippen molar-refractivity contribution < 1.29 is 19.7 Å². The highest BCUT2D eigenvalue weighted by molar-refractivity contribution is 6.30. The molecule has 6 N–H and O–H groups in total. The summed E-state index contributed by atoms with van der Waals surface area (Å²) in [7, 11) is 0. The van der Waals surface area contributed by atoms with Gasteiger partial charge in [0.15, 0.2) is 17.7 Å². The van der Waals surface area contributed by atoms with Gasteiger partial charge in [0.25, 0.3) is 0 Å². The van der Waals surface area contributed by atoms with Crippen molar-refractivity contribution in [3.05, 3.63) is 77.1 Å². The van der Waals surface area contributed by atoms with Crippen LogP contribution < -0.4 is 11.5 Å². The molecular weight excluding hydrogens is 472 g/mol. The maximum atomic E-state index is 10.7. The van der Waals surface area contributed by atoms with E-state index in [0.717, 1.165) is 11.1 Å². The Morgan fingerprint density at radius 3 is 2.46 bits per heavy atom. The standard InChI is InChI=1S/C24H25ClN6O4/c25-15-8-6-14(7-9-15)16(13-4-2-1-3-5-13)10-34-11-17-19(32)20(33)23(35-17)31-12-28-18-21(26)29-24(27)30-22(18)31/h1-9,12,16-17,19-20,23,32-33H,10-11H2,(H4,26,27,29,30)/t16?,17-,19-,20-,23-/m1/s1. The van der Waals surface area contributed by atoms with Gasteiger partial charge in [0.2, 0.25) is 5.95 Å². The number of anilines is 2. The molecule has 1 aliphatic rings. The van der Waals surface area contributed by atoms with Gasteiger partial charge in [-0.3, -0.25) is 4.57 Å². The number of nitrogen functional groups attached to an aromatic ring is 2. The van der Waals surface area contributed by atoms with E-state index >= 15 is 0 Å². The Bertz CT molecular complexity index is 1300. The van der Waals surface area contributed by atoms with E-state index in [1.54, 1.807) is 0 Å². The molecule has 2 aromatic carbocycles. The van der Waals surface area contributed by atoms with Crippen LogP contribution in [0.4, 0.5) is 11.8 Å². The zero-order valence-electron chi connectivity index (χ0n) is 18.6. The molecule has 5 atom stereocenters. The monoisotopic (exact) mass is 496 g/mol. The van der Waals surface area contributed by atoms with Crippen LogP contribution in [-0.2, 0) is 9.47 Å². The van der Waals surface area contributed by atoms with Crippen molar-refractivity contribution >= 4 is 34.5 Å². The summed E-state index contributed by atoms with van der Waals surface area (Å²) < 4.78 is 13.5. The summed E-state index contributed by atoms with van der Waals surface area (Å²) in [4.78, 5) is 12.2. The van der Waals surface area contributed by atoms with E-state index in [9.17, 15) is 10.2 Å². The summed E-state index contributed by atoms with van der Waals surface area (Å²) in [6.07, 6.45) is -2.71. The minimum absolute atomic E-state index is 0.0289. The average molecular weight is 497 g/mol. The largest absolute Gasteiger partial charge is 0.387 e. The quantitative estimate of drug-likeness (QED) is 0.301. The number of aliphatic hydroxyl groups is 2. The van der Waals surface area contributed by atoms with E-state index < -0.39 is 24.5 Å². The van der Waals surface area contributed by atoms with E-state index in [1.165, 1.54) is 10.9 Å². The number of fused-ring (bicyclic) bond motifs is 1. The van der Waals surface area contributed by atoms with Crippen molar-refractivity contribution in [1.82, 2.24) is 19.5 Å². The van der Waals surface area contributed by atoms with E-state index in [4.69, 9.17) is 32.5 Å². The molecule has 10 nitrogen and oxygen atoms in total. The number of ether oxygens (including phenoxy) is 2. The first-order valence-corrected chi connectivity index (χ1v) is 11.5. The van der Waals surface area contributed by atoms with Crippen LogP contribution in [0.3, 0.4) is 0 Å². The van der Waals surface area contributed by atoms with Gasteiger partial charge in [0, 0.05) is 10.9 Å². The molecule has 0 saturated carbocycles. The highest BCUT2D eigenvalue weighted by Gasteiger charge is 2.44.